The summed E-state index contributed by atoms with van der Waals surface area (Å²) in [5, 5.41) is 0. The summed E-state index contributed by atoms with van der Waals surface area (Å²) in [5.74, 6) is 4.34. The van der Waals surface area contributed by atoms with E-state index in [2.05, 4.69) is 24.7 Å². The predicted octanol–water partition coefficient (Wildman–Crippen LogP) is 8.58. The number of ether oxygens (including phenoxy) is 3. The van der Waals surface area contributed by atoms with Gasteiger partial charge in [0.1, 0.15) is 18.1 Å². The number of hydrogen-bond donors (Lipinski definition) is 0. The Bertz CT molecular complexity index is 770. The van der Waals surface area contributed by atoms with Gasteiger partial charge in [-0.1, -0.05) is 96.8 Å². The minimum atomic E-state index is -0.0603. The molecule has 5 heteroatoms. The van der Waals surface area contributed by atoms with Gasteiger partial charge in [-0.05, 0) is 50.6 Å². The molecule has 0 aliphatic rings. The topological polar surface area (TPSA) is 48.0 Å². The van der Waals surface area contributed by atoms with E-state index in [-0.39, 0.29) is 12.6 Å². The highest BCUT2D eigenvalue weighted by Gasteiger charge is 2.15. The summed E-state index contributed by atoms with van der Waals surface area (Å²) in [6, 6.07) is 5.86. The summed E-state index contributed by atoms with van der Waals surface area (Å²) in [6.07, 6.45) is 24.4. The molecule has 0 aliphatic carbocycles. The van der Waals surface area contributed by atoms with Crippen LogP contribution in [0.3, 0.4) is 0 Å². The Morgan fingerprint density at radius 2 is 1.36 bits per heavy atom. The van der Waals surface area contributed by atoms with Crippen molar-refractivity contribution in [3.63, 3.8) is 0 Å². The van der Waals surface area contributed by atoms with E-state index in [9.17, 15) is 4.79 Å². The molecule has 1 aromatic rings. The van der Waals surface area contributed by atoms with Crippen LogP contribution in [0.5, 0.6) is 11.5 Å². The zero-order valence-electron chi connectivity index (χ0n) is 25.6. The molecule has 1 aromatic carbocycles. The number of carbonyl (C=O) groups is 1. The summed E-state index contributed by atoms with van der Waals surface area (Å²) in [7, 11) is 4.05. The van der Waals surface area contributed by atoms with Gasteiger partial charge in [-0.2, -0.15) is 0 Å². The Kier molecular flexibility index (Phi) is 21.1. The molecular formula is C34H57NO4. The van der Waals surface area contributed by atoms with E-state index in [0.717, 1.165) is 30.7 Å². The summed E-state index contributed by atoms with van der Waals surface area (Å²) in [4.78, 5) is 14.7. The standard InChI is InChI=1S/C34H57NO4/c1-6-9-11-13-15-17-20-30(21-18-16-14-12-10-7-2)27-34(36)39-24-19-23-38-33-26-31(29-35(4)5)25-32(28-33)37-22-8-3/h3,25-26,28,30H,6-7,9-24,27,29H2,1-2,4-5H3. The number of rotatable bonds is 25. The van der Waals surface area contributed by atoms with Crippen LogP contribution < -0.4 is 9.47 Å². The summed E-state index contributed by atoms with van der Waals surface area (Å²) >= 11 is 0. The van der Waals surface area contributed by atoms with Crippen molar-refractivity contribution in [1.29, 1.82) is 0 Å². The van der Waals surface area contributed by atoms with Crippen molar-refractivity contribution in [3.05, 3.63) is 23.8 Å². The van der Waals surface area contributed by atoms with Crippen LogP contribution in [0.15, 0.2) is 18.2 Å². The highest BCUT2D eigenvalue weighted by atomic mass is 16.5. The normalized spacial score (nSPS) is 11.1. The first-order valence-electron chi connectivity index (χ1n) is 15.6. The Labute approximate surface area is 240 Å². The second kappa shape index (κ2) is 23.7. The summed E-state index contributed by atoms with van der Waals surface area (Å²) < 4.78 is 17.2. The van der Waals surface area contributed by atoms with Gasteiger partial charge in [0.2, 0.25) is 0 Å². The summed E-state index contributed by atoms with van der Waals surface area (Å²) in [6.45, 7) is 6.38. The van der Waals surface area contributed by atoms with Crippen molar-refractivity contribution in [2.75, 3.05) is 33.9 Å². The number of hydrogen-bond acceptors (Lipinski definition) is 5. The van der Waals surface area contributed by atoms with Gasteiger partial charge in [-0.25, -0.2) is 0 Å². The number of nitrogens with zero attached hydrogens (tertiary/aromatic N) is 1. The maximum Gasteiger partial charge on any atom is 0.306 e. The third-order valence-electron chi connectivity index (χ3n) is 6.97. The van der Waals surface area contributed by atoms with E-state index < -0.39 is 0 Å². The molecular weight excluding hydrogens is 486 g/mol. The molecule has 0 saturated heterocycles. The average molecular weight is 544 g/mol. The smallest absolute Gasteiger partial charge is 0.306 e. The Morgan fingerprint density at radius 1 is 0.795 bits per heavy atom. The van der Waals surface area contributed by atoms with Gasteiger partial charge >= 0.3 is 5.97 Å². The predicted molar refractivity (Wildman–Crippen MR) is 163 cm³/mol. The zero-order valence-corrected chi connectivity index (χ0v) is 25.6. The fourth-order valence-corrected chi connectivity index (χ4v) is 4.88. The number of esters is 1. The molecule has 39 heavy (non-hydrogen) atoms. The molecule has 0 spiro atoms. The van der Waals surface area contributed by atoms with Crippen LogP contribution in [0.25, 0.3) is 0 Å². The van der Waals surface area contributed by atoms with Crippen molar-refractivity contribution in [2.24, 2.45) is 5.92 Å². The third-order valence-corrected chi connectivity index (χ3v) is 6.97. The molecule has 222 valence electrons. The molecule has 0 aliphatic heterocycles. The number of unbranched alkanes of at least 4 members (excludes halogenated alkanes) is 10. The van der Waals surface area contributed by atoms with Crippen molar-refractivity contribution >= 4 is 5.97 Å². The highest BCUT2D eigenvalue weighted by molar-refractivity contribution is 5.69. The maximum atomic E-state index is 12.6. The number of terminal acetylenes is 1. The minimum absolute atomic E-state index is 0.0603. The van der Waals surface area contributed by atoms with E-state index in [4.69, 9.17) is 20.6 Å². The number of benzene rings is 1. The fraction of sp³-hybridized carbons (Fsp3) is 0.735. The van der Waals surface area contributed by atoms with Gasteiger partial charge in [-0.3, -0.25) is 4.79 Å². The van der Waals surface area contributed by atoms with E-state index in [0.29, 0.717) is 37.7 Å². The third kappa shape index (κ3) is 19.5. The lowest BCUT2D eigenvalue weighted by atomic mass is 9.91. The van der Waals surface area contributed by atoms with Crippen LogP contribution in [0, 0.1) is 18.3 Å². The van der Waals surface area contributed by atoms with Crippen LogP contribution in [-0.4, -0.2) is 44.8 Å². The van der Waals surface area contributed by atoms with Gasteiger partial charge in [0, 0.05) is 25.5 Å². The van der Waals surface area contributed by atoms with E-state index in [1.165, 1.54) is 77.0 Å². The second-order valence-corrected chi connectivity index (χ2v) is 11.1. The minimum Gasteiger partial charge on any atom is -0.493 e. The zero-order chi connectivity index (χ0) is 28.6. The first kappa shape index (κ1) is 34.8. The Hall–Kier alpha value is -2.19. The van der Waals surface area contributed by atoms with E-state index >= 15 is 0 Å². The van der Waals surface area contributed by atoms with Gasteiger partial charge in [0.05, 0.1) is 13.2 Å². The highest BCUT2D eigenvalue weighted by Crippen LogP contribution is 2.25. The quantitative estimate of drug-likeness (QED) is 0.0702. The molecule has 5 nitrogen and oxygen atoms in total. The fourth-order valence-electron chi connectivity index (χ4n) is 4.88. The Morgan fingerprint density at radius 3 is 1.92 bits per heavy atom. The average Bonchev–Trinajstić information content (AvgIpc) is 2.90. The SMILES string of the molecule is C#CCOc1cc(CN(C)C)cc(OCCCOC(=O)CC(CCCCCCCC)CCCCCCCC)c1. The maximum absolute atomic E-state index is 12.6. The van der Waals surface area contributed by atoms with Gasteiger partial charge < -0.3 is 19.1 Å². The molecule has 1 rings (SSSR count). The van der Waals surface area contributed by atoms with Gasteiger partial charge in [0.15, 0.2) is 0 Å². The van der Waals surface area contributed by atoms with Crippen LogP contribution in [0.1, 0.15) is 122 Å². The lowest BCUT2D eigenvalue weighted by Crippen LogP contribution is -2.14. The molecule has 0 amide bonds. The van der Waals surface area contributed by atoms with Crippen molar-refractivity contribution in [2.45, 2.75) is 123 Å². The lowest BCUT2D eigenvalue weighted by Gasteiger charge is -2.17. The van der Waals surface area contributed by atoms with Crippen LogP contribution >= 0.6 is 0 Å². The van der Waals surface area contributed by atoms with Gasteiger partial charge in [-0.15, -0.1) is 6.42 Å². The molecule has 0 aromatic heterocycles. The van der Waals surface area contributed by atoms with Crippen LogP contribution in [-0.2, 0) is 16.1 Å². The molecule has 0 bridgehead atoms. The second-order valence-electron chi connectivity index (χ2n) is 11.1. The van der Waals surface area contributed by atoms with E-state index in [1.807, 2.05) is 32.3 Å². The van der Waals surface area contributed by atoms with E-state index in [1.54, 1.807) is 0 Å². The van der Waals surface area contributed by atoms with Gasteiger partial charge in [0.25, 0.3) is 0 Å². The lowest BCUT2D eigenvalue weighted by molar-refractivity contribution is -0.145. The van der Waals surface area contributed by atoms with Crippen molar-refractivity contribution in [3.8, 4) is 23.8 Å². The largest absolute Gasteiger partial charge is 0.493 e. The van der Waals surface area contributed by atoms with Crippen LogP contribution in [0.2, 0.25) is 0 Å². The first-order valence-corrected chi connectivity index (χ1v) is 15.6. The number of carbonyl (C=O) groups excluding carboxylic acids is 1. The first-order chi connectivity index (χ1) is 19.0. The molecule has 0 unspecified atom stereocenters. The molecule has 0 N–H and O–H groups in total. The molecule has 0 atom stereocenters. The van der Waals surface area contributed by atoms with Crippen molar-refractivity contribution < 1.29 is 19.0 Å². The Balaban J connectivity index is 2.42. The van der Waals surface area contributed by atoms with Crippen LogP contribution in [0.4, 0.5) is 0 Å². The molecule has 0 fully saturated rings. The molecule has 0 saturated carbocycles. The molecule has 0 heterocycles. The molecule has 0 radical (unpaired) electrons. The van der Waals surface area contributed by atoms with Crippen molar-refractivity contribution in [1.82, 2.24) is 4.90 Å². The monoisotopic (exact) mass is 543 g/mol. The summed E-state index contributed by atoms with van der Waals surface area (Å²) in [5.41, 5.74) is 1.10.